The van der Waals surface area contributed by atoms with Crippen LogP contribution in [0.15, 0.2) is 12.2 Å². The molecule has 0 aliphatic rings. The van der Waals surface area contributed by atoms with Crippen LogP contribution in [0.5, 0.6) is 0 Å². The van der Waals surface area contributed by atoms with E-state index in [0.29, 0.717) is 12.6 Å². The van der Waals surface area contributed by atoms with Gasteiger partial charge in [-0.1, -0.05) is 19.9 Å². The highest BCUT2D eigenvalue weighted by Crippen LogP contribution is 1.79. The lowest BCUT2D eigenvalue weighted by Gasteiger charge is -2.02. The van der Waals surface area contributed by atoms with Crippen LogP contribution in [0, 0.1) is 0 Å². The summed E-state index contributed by atoms with van der Waals surface area (Å²) in [6.07, 6.45) is 3.15. The Morgan fingerprint density at radius 2 is 2.27 bits per heavy atom. The van der Waals surface area contributed by atoms with Gasteiger partial charge in [0.05, 0.1) is 7.11 Å². The third kappa shape index (κ3) is 7.06. The van der Waals surface area contributed by atoms with E-state index in [-0.39, 0.29) is 5.97 Å². The minimum absolute atomic E-state index is 0.310. The van der Waals surface area contributed by atoms with Crippen LogP contribution in [0.25, 0.3) is 0 Å². The molecule has 3 nitrogen and oxygen atoms in total. The Bertz CT molecular complexity index is 141. The van der Waals surface area contributed by atoms with Gasteiger partial charge in [-0.3, -0.25) is 0 Å². The van der Waals surface area contributed by atoms with Crippen LogP contribution in [-0.4, -0.2) is 25.7 Å². The van der Waals surface area contributed by atoms with Gasteiger partial charge < -0.3 is 10.1 Å². The first-order chi connectivity index (χ1) is 5.16. The van der Waals surface area contributed by atoms with Gasteiger partial charge in [0.1, 0.15) is 0 Å². The molecule has 1 N–H and O–H groups in total. The van der Waals surface area contributed by atoms with E-state index in [9.17, 15) is 4.79 Å². The molecule has 64 valence electrons. The molecule has 11 heavy (non-hydrogen) atoms. The first kappa shape index (κ1) is 10.2. The van der Waals surface area contributed by atoms with Crippen LogP contribution in [0.2, 0.25) is 0 Å². The van der Waals surface area contributed by atoms with E-state index < -0.39 is 0 Å². The molecule has 0 bridgehead atoms. The summed E-state index contributed by atoms with van der Waals surface area (Å²) in [4.78, 5) is 10.5. The number of ether oxygens (including phenoxy) is 1. The van der Waals surface area contributed by atoms with Crippen molar-refractivity contribution in [2.24, 2.45) is 0 Å². The zero-order valence-corrected chi connectivity index (χ0v) is 7.26. The number of nitrogens with one attached hydrogen (secondary N) is 1. The Kier molecular flexibility index (Phi) is 5.47. The molecule has 0 aromatic rings. The Balaban J connectivity index is 3.37. The maximum atomic E-state index is 10.5. The van der Waals surface area contributed by atoms with Gasteiger partial charge in [0.15, 0.2) is 0 Å². The lowest BCUT2D eigenvalue weighted by atomic mass is 10.4. The third-order valence-electron chi connectivity index (χ3n) is 1.10. The average Bonchev–Trinajstić information content (AvgIpc) is 1.97. The largest absolute Gasteiger partial charge is 0.466 e. The number of carbonyl (C=O) groups excluding carboxylic acids is 1. The highest BCUT2D eigenvalue weighted by Gasteiger charge is 1.90. The highest BCUT2D eigenvalue weighted by atomic mass is 16.5. The molecule has 3 heteroatoms. The Morgan fingerprint density at radius 1 is 1.64 bits per heavy atom. The van der Waals surface area contributed by atoms with Gasteiger partial charge in [0, 0.05) is 18.7 Å². The minimum Gasteiger partial charge on any atom is -0.466 e. The van der Waals surface area contributed by atoms with Crippen molar-refractivity contribution < 1.29 is 9.53 Å². The summed E-state index contributed by atoms with van der Waals surface area (Å²) in [5.41, 5.74) is 0. The molecular formula is C8H15NO2. The topological polar surface area (TPSA) is 38.3 Å². The van der Waals surface area contributed by atoms with Crippen molar-refractivity contribution in [1.29, 1.82) is 0 Å². The van der Waals surface area contributed by atoms with Crippen LogP contribution in [0.4, 0.5) is 0 Å². The van der Waals surface area contributed by atoms with Gasteiger partial charge >= 0.3 is 5.97 Å². The standard InChI is InChI=1S/C8H15NO2/c1-7(2)9-6-4-5-8(10)11-3/h4-5,7,9H,6H2,1-3H3/b5-4+. The zero-order chi connectivity index (χ0) is 8.69. The molecule has 0 radical (unpaired) electrons. The van der Waals surface area contributed by atoms with Crippen molar-refractivity contribution in [2.75, 3.05) is 13.7 Å². The predicted octanol–water partition coefficient (Wildman–Crippen LogP) is 0.714. The van der Waals surface area contributed by atoms with Gasteiger partial charge in [-0.15, -0.1) is 0 Å². The number of methoxy groups -OCH3 is 1. The molecule has 0 aromatic heterocycles. The summed E-state index contributed by atoms with van der Waals surface area (Å²) in [6.45, 7) is 4.80. The summed E-state index contributed by atoms with van der Waals surface area (Å²) in [5, 5.41) is 3.13. The van der Waals surface area contributed by atoms with Crippen molar-refractivity contribution in [3.63, 3.8) is 0 Å². The Hall–Kier alpha value is -0.830. The molecule has 0 saturated carbocycles. The van der Waals surface area contributed by atoms with Crippen LogP contribution < -0.4 is 5.32 Å². The van der Waals surface area contributed by atoms with Gasteiger partial charge in [0.2, 0.25) is 0 Å². The first-order valence-corrected chi connectivity index (χ1v) is 3.64. The summed E-state index contributed by atoms with van der Waals surface area (Å²) in [5.74, 6) is -0.310. The van der Waals surface area contributed by atoms with Crippen molar-refractivity contribution >= 4 is 5.97 Å². The van der Waals surface area contributed by atoms with Gasteiger partial charge in [-0.25, -0.2) is 4.79 Å². The fourth-order valence-electron chi connectivity index (χ4n) is 0.527. The van der Waals surface area contributed by atoms with Crippen molar-refractivity contribution in [3.8, 4) is 0 Å². The molecule has 0 aliphatic heterocycles. The molecule has 0 aliphatic carbocycles. The van der Waals surface area contributed by atoms with Gasteiger partial charge in [0.25, 0.3) is 0 Å². The fourth-order valence-corrected chi connectivity index (χ4v) is 0.527. The normalized spacial score (nSPS) is 10.9. The fraction of sp³-hybridized carbons (Fsp3) is 0.625. The SMILES string of the molecule is COC(=O)/C=C/CNC(C)C. The van der Waals surface area contributed by atoms with E-state index in [1.54, 1.807) is 6.08 Å². The quantitative estimate of drug-likeness (QED) is 0.482. The number of esters is 1. The lowest BCUT2D eigenvalue weighted by Crippen LogP contribution is -2.22. The number of rotatable bonds is 4. The lowest BCUT2D eigenvalue weighted by molar-refractivity contribution is -0.134. The molecule has 0 atom stereocenters. The maximum absolute atomic E-state index is 10.5. The van der Waals surface area contributed by atoms with Crippen molar-refractivity contribution in [1.82, 2.24) is 5.32 Å². The number of hydrogen-bond acceptors (Lipinski definition) is 3. The number of carbonyl (C=O) groups is 1. The molecule has 0 unspecified atom stereocenters. The monoisotopic (exact) mass is 157 g/mol. The minimum atomic E-state index is -0.310. The van der Waals surface area contributed by atoms with Crippen molar-refractivity contribution in [3.05, 3.63) is 12.2 Å². The summed E-state index contributed by atoms with van der Waals surface area (Å²) >= 11 is 0. The summed E-state index contributed by atoms with van der Waals surface area (Å²) in [6, 6.07) is 0.442. The second-order valence-corrected chi connectivity index (χ2v) is 2.49. The number of hydrogen-bond donors (Lipinski definition) is 1. The van der Waals surface area contributed by atoms with Gasteiger partial charge in [-0.05, 0) is 0 Å². The van der Waals surface area contributed by atoms with E-state index in [2.05, 4.69) is 10.1 Å². The highest BCUT2D eigenvalue weighted by molar-refractivity contribution is 5.81. The second kappa shape index (κ2) is 5.92. The average molecular weight is 157 g/mol. The molecule has 0 rings (SSSR count). The second-order valence-electron chi connectivity index (χ2n) is 2.49. The van der Waals surface area contributed by atoms with Gasteiger partial charge in [-0.2, -0.15) is 0 Å². The Morgan fingerprint density at radius 3 is 2.73 bits per heavy atom. The van der Waals surface area contributed by atoms with E-state index in [1.807, 2.05) is 13.8 Å². The van der Waals surface area contributed by atoms with Crippen LogP contribution in [0.1, 0.15) is 13.8 Å². The van der Waals surface area contributed by atoms with E-state index in [0.717, 1.165) is 0 Å². The third-order valence-corrected chi connectivity index (χ3v) is 1.10. The molecule has 0 spiro atoms. The van der Waals surface area contributed by atoms with Crippen LogP contribution in [0.3, 0.4) is 0 Å². The molecule has 0 aromatic carbocycles. The first-order valence-electron chi connectivity index (χ1n) is 3.64. The van der Waals surface area contributed by atoms with Crippen molar-refractivity contribution in [2.45, 2.75) is 19.9 Å². The Labute approximate surface area is 67.4 Å². The predicted molar refractivity (Wildman–Crippen MR) is 44.3 cm³/mol. The smallest absolute Gasteiger partial charge is 0.330 e. The molecule has 0 saturated heterocycles. The summed E-state index contributed by atoms with van der Waals surface area (Å²) < 4.78 is 4.40. The molecule has 0 heterocycles. The molecular weight excluding hydrogens is 142 g/mol. The van der Waals surface area contributed by atoms with Crippen LogP contribution >= 0.6 is 0 Å². The zero-order valence-electron chi connectivity index (χ0n) is 7.26. The van der Waals surface area contributed by atoms with E-state index >= 15 is 0 Å². The van der Waals surface area contributed by atoms with Crippen LogP contribution in [-0.2, 0) is 9.53 Å². The molecule has 0 fully saturated rings. The van der Waals surface area contributed by atoms with E-state index in [1.165, 1.54) is 13.2 Å². The molecule has 0 amide bonds. The maximum Gasteiger partial charge on any atom is 0.330 e. The van der Waals surface area contributed by atoms with E-state index in [4.69, 9.17) is 0 Å². The summed E-state index contributed by atoms with van der Waals surface area (Å²) in [7, 11) is 1.36.